The van der Waals surface area contributed by atoms with Crippen LogP contribution < -0.4 is 10.6 Å². The zero-order chi connectivity index (χ0) is 7.14. The molecule has 1 aliphatic carbocycles. The van der Waals surface area contributed by atoms with Gasteiger partial charge in [0.15, 0.2) is 0 Å². The van der Waals surface area contributed by atoms with E-state index in [-0.39, 0.29) is 18.3 Å². The lowest BCUT2D eigenvalue weighted by Crippen LogP contribution is -2.26. The van der Waals surface area contributed by atoms with Crippen molar-refractivity contribution in [3.63, 3.8) is 0 Å². The molecule has 2 fully saturated rings. The number of piperidine rings is 1. The monoisotopic (exact) mass is 176 g/mol. The molecular weight excluding hydrogens is 164 g/mol. The fourth-order valence-electron chi connectivity index (χ4n) is 1.97. The van der Waals surface area contributed by atoms with Gasteiger partial charge in [-0.25, -0.2) is 0 Å². The maximum absolute atomic E-state index is 11.0. The van der Waals surface area contributed by atoms with Crippen molar-refractivity contribution in [2.45, 2.75) is 0 Å². The molecule has 1 saturated carbocycles. The molecule has 64 valence electrons. The van der Waals surface area contributed by atoms with E-state index in [9.17, 15) is 4.79 Å². The van der Waals surface area contributed by atoms with E-state index in [0.717, 1.165) is 13.1 Å². The van der Waals surface area contributed by atoms with Crippen molar-refractivity contribution in [1.29, 1.82) is 0 Å². The zero-order valence-corrected chi connectivity index (χ0v) is 7.28. The number of carbonyl (C=O) groups excluding carboxylic acids is 1. The summed E-state index contributed by atoms with van der Waals surface area (Å²) in [6, 6.07) is 0. The first kappa shape index (κ1) is 8.81. The Morgan fingerprint density at radius 1 is 1.45 bits per heavy atom. The minimum absolute atomic E-state index is 0. The highest BCUT2D eigenvalue weighted by atomic mass is 35.5. The summed E-state index contributed by atoms with van der Waals surface area (Å²) in [4.78, 5) is 11.0. The number of fused-ring (bicyclic) bond motifs is 1. The van der Waals surface area contributed by atoms with Gasteiger partial charge in [-0.1, -0.05) is 0 Å². The normalized spacial score (nSPS) is 38.8. The third kappa shape index (κ3) is 1.23. The number of carbonyl (C=O) groups is 1. The Morgan fingerprint density at radius 3 is 2.45 bits per heavy atom. The molecule has 4 heteroatoms. The van der Waals surface area contributed by atoms with E-state index >= 15 is 0 Å². The predicted molar refractivity (Wildman–Crippen MR) is 44.7 cm³/mol. The van der Waals surface area contributed by atoms with Gasteiger partial charge in [0, 0.05) is 13.0 Å². The lowest BCUT2D eigenvalue weighted by atomic mass is 10.3. The molecule has 1 heterocycles. The summed E-state index contributed by atoms with van der Waals surface area (Å²) >= 11 is 0. The highest BCUT2D eigenvalue weighted by molar-refractivity contribution is 5.85. The van der Waals surface area contributed by atoms with Crippen molar-refractivity contribution in [1.82, 2.24) is 10.6 Å². The van der Waals surface area contributed by atoms with E-state index in [1.54, 1.807) is 7.05 Å². The summed E-state index contributed by atoms with van der Waals surface area (Å²) in [6.07, 6.45) is 0. The van der Waals surface area contributed by atoms with Gasteiger partial charge in [-0.15, -0.1) is 12.4 Å². The number of hydrogen-bond donors (Lipinski definition) is 2. The van der Waals surface area contributed by atoms with Crippen LogP contribution in [0.3, 0.4) is 0 Å². The van der Waals surface area contributed by atoms with E-state index in [0.29, 0.717) is 17.8 Å². The minimum atomic E-state index is 0. The summed E-state index contributed by atoms with van der Waals surface area (Å²) < 4.78 is 0. The summed E-state index contributed by atoms with van der Waals surface area (Å²) in [5, 5.41) is 5.94. The number of nitrogens with one attached hydrogen (secondary N) is 2. The van der Waals surface area contributed by atoms with E-state index in [4.69, 9.17) is 0 Å². The fourth-order valence-corrected chi connectivity index (χ4v) is 1.97. The second-order valence-corrected chi connectivity index (χ2v) is 3.13. The molecule has 2 N–H and O–H groups in total. The quantitative estimate of drug-likeness (QED) is 0.572. The predicted octanol–water partition coefficient (Wildman–Crippen LogP) is -0.380. The molecule has 0 aromatic rings. The van der Waals surface area contributed by atoms with Crippen LogP contribution in [0.4, 0.5) is 0 Å². The highest BCUT2D eigenvalue weighted by Crippen LogP contribution is 2.48. The van der Waals surface area contributed by atoms with Gasteiger partial charge in [0.2, 0.25) is 5.91 Å². The Bertz CT molecular complexity index is 164. The van der Waals surface area contributed by atoms with E-state index < -0.39 is 0 Å². The van der Waals surface area contributed by atoms with Crippen LogP contribution in [0.15, 0.2) is 0 Å². The Balaban J connectivity index is 0.000000605. The first-order valence-electron chi connectivity index (χ1n) is 3.77. The molecule has 1 amide bonds. The molecule has 11 heavy (non-hydrogen) atoms. The molecule has 0 aromatic carbocycles. The molecule has 3 nitrogen and oxygen atoms in total. The van der Waals surface area contributed by atoms with Crippen LogP contribution in [0.5, 0.6) is 0 Å². The minimum Gasteiger partial charge on any atom is -0.359 e. The molecule has 0 spiro atoms. The first-order chi connectivity index (χ1) is 4.84. The van der Waals surface area contributed by atoms with Crippen LogP contribution >= 0.6 is 12.4 Å². The maximum atomic E-state index is 11.0. The summed E-state index contributed by atoms with van der Waals surface area (Å²) in [7, 11) is 1.71. The molecule has 2 unspecified atom stereocenters. The largest absolute Gasteiger partial charge is 0.359 e. The average molecular weight is 177 g/mol. The van der Waals surface area contributed by atoms with Gasteiger partial charge in [-0.05, 0) is 24.9 Å². The van der Waals surface area contributed by atoms with Crippen molar-refractivity contribution in [3.05, 3.63) is 0 Å². The van der Waals surface area contributed by atoms with Gasteiger partial charge in [0.1, 0.15) is 0 Å². The van der Waals surface area contributed by atoms with E-state index in [2.05, 4.69) is 10.6 Å². The molecule has 2 rings (SSSR count). The fraction of sp³-hybridized carbons (Fsp3) is 0.857. The molecule has 2 aliphatic rings. The lowest BCUT2D eigenvalue weighted by molar-refractivity contribution is -0.122. The molecule has 2 atom stereocenters. The average Bonchev–Trinajstić information content (AvgIpc) is 2.43. The number of halogens is 1. The van der Waals surface area contributed by atoms with Crippen LogP contribution in [-0.4, -0.2) is 26.0 Å². The van der Waals surface area contributed by atoms with Crippen molar-refractivity contribution < 1.29 is 4.79 Å². The second-order valence-electron chi connectivity index (χ2n) is 3.13. The van der Waals surface area contributed by atoms with Crippen LogP contribution in [-0.2, 0) is 4.79 Å². The van der Waals surface area contributed by atoms with Crippen LogP contribution in [0, 0.1) is 17.8 Å². The van der Waals surface area contributed by atoms with Crippen molar-refractivity contribution in [3.8, 4) is 0 Å². The summed E-state index contributed by atoms with van der Waals surface area (Å²) in [5.74, 6) is 1.88. The summed E-state index contributed by atoms with van der Waals surface area (Å²) in [6.45, 7) is 2.09. The van der Waals surface area contributed by atoms with Gasteiger partial charge in [-0.2, -0.15) is 0 Å². The van der Waals surface area contributed by atoms with Crippen LogP contribution in [0.25, 0.3) is 0 Å². The van der Waals surface area contributed by atoms with E-state index in [1.807, 2.05) is 0 Å². The van der Waals surface area contributed by atoms with Crippen LogP contribution in [0.2, 0.25) is 0 Å². The Morgan fingerprint density at radius 2 is 2.00 bits per heavy atom. The third-order valence-electron chi connectivity index (χ3n) is 2.64. The lowest BCUT2D eigenvalue weighted by Gasteiger charge is -2.01. The Kier molecular flexibility index (Phi) is 2.40. The number of rotatable bonds is 1. The maximum Gasteiger partial charge on any atom is 0.223 e. The highest BCUT2D eigenvalue weighted by Gasteiger charge is 2.56. The zero-order valence-electron chi connectivity index (χ0n) is 6.46. The standard InChI is InChI=1S/C7H12N2O.ClH/c1-8-7(10)6-4-2-9-3-5(4)6;/h4-6,9H,2-3H2,1H3,(H,8,10);1H. The van der Waals surface area contributed by atoms with Gasteiger partial charge in [-0.3, -0.25) is 4.79 Å². The van der Waals surface area contributed by atoms with Crippen molar-refractivity contribution >= 4 is 18.3 Å². The first-order valence-corrected chi connectivity index (χ1v) is 3.77. The second kappa shape index (κ2) is 2.99. The molecule has 0 aromatic heterocycles. The Hall–Kier alpha value is -0.280. The van der Waals surface area contributed by atoms with Crippen molar-refractivity contribution in [2.75, 3.05) is 20.1 Å². The SMILES string of the molecule is CNC(=O)C1C2CNCC21.Cl. The smallest absolute Gasteiger partial charge is 0.223 e. The van der Waals surface area contributed by atoms with Gasteiger partial charge < -0.3 is 10.6 Å². The number of hydrogen-bond acceptors (Lipinski definition) is 2. The summed E-state index contributed by atoms with van der Waals surface area (Å²) in [5.41, 5.74) is 0. The molecular formula is C7H13ClN2O. The molecule has 0 radical (unpaired) electrons. The molecule has 1 aliphatic heterocycles. The number of amides is 1. The molecule has 0 bridgehead atoms. The van der Waals surface area contributed by atoms with Crippen LogP contribution in [0.1, 0.15) is 0 Å². The van der Waals surface area contributed by atoms with E-state index in [1.165, 1.54) is 0 Å². The molecule has 1 saturated heterocycles. The van der Waals surface area contributed by atoms with Gasteiger partial charge >= 0.3 is 0 Å². The topological polar surface area (TPSA) is 41.1 Å². The third-order valence-corrected chi connectivity index (χ3v) is 2.64. The van der Waals surface area contributed by atoms with Gasteiger partial charge in [0.25, 0.3) is 0 Å². The van der Waals surface area contributed by atoms with Gasteiger partial charge in [0.05, 0.1) is 0 Å². The van der Waals surface area contributed by atoms with Crippen molar-refractivity contribution in [2.24, 2.45) is 17.8 Å². The Labute approximate surface area is 72.3 Å².